The van der Waals surface area contributed by atoms with Gasteiger partial charge in [0.05, 0.1) is 0 Å². The smallest absolute Gasteiger partial charge is 0.339 e. The summed E-state index contributed by atoms with van der Waals surface area (Å²) >= 11 is 0. The van der Waals surface area contributed by atoms with Gasteiger partial charge in [-0.3, -0.25) is 4.68 Å². The van der Waals surface area contributed by atoms with Crippen molar-refractivity contribution in [2.24, 2.45) is 7.05 Å². The van der Waals surface area contributed by atoms with Crippen LogP contribution in [0.3, 0.4) is 0 Å². The van der Waals surface area contributed by atoms with E-state index in [9.17, 15) is 4.79 Å². The average molecular weight is 232 g/mol. The third kappa shape index (κ3) is 2.41. The zero-order valence-electron chi connectivity index (χ0n) is 9.51. The van der Waals surface area contributed by atoms with E-state index in [4.69, 9.17) is 5.11 Å². The first-order valence-corrected chi connectivity index (χ1v) is 5.04. The molecule has 17 heavy (non-hydrogen) atoms. The van der Waals surface area contributed by atoms with E-state index in [-0.39, 0.29) is 5.56 Å². The van der Waals surface area contributed by atoms with Crippen molar-refractivity contribution in [1.29, 1.82) is 0 Å². The monoisotopic (exact) mass is 232 g/mol. The number of carboxylic acid groups (broad SMARTS) is 1. The topological polar surface area (TPSA) is 80.0 Å². The van der Waals surface area contributed by atoms with E-state index in [0.29, 0.717) is 11.6 Å². The van der Waals surface area contributed by atoms with Crippen molar-refractivity contribution in [3.05, 3.63) is 35.7 Å². The molecule has 0 aliphatic heterocycles. The Labute approximate surface area is 97.9 Å². The number of anilines is 2. The Morgan fingerprint density at radius 1 is 1.41 bits per heavy atom. The van der Waals surface area contributed by atoms with Gasteiger partial charge in [0.2, 0.25) is 0 Å². The van der Waals surface area contributed by atoms with Crippen molar-refractivity contribution in [3.8, 4) is 0 Å². The summed E-state index contributed by atoms with van der Waals surface area (Å²) in [5.74, 6) is -0.153. The standard InChI is InChI=1S/C11H12N4O2/c1-7-3-4-8(11(16)17)10(12-7)13-9-5-6-15(2)14-9/h3-6H,1-2H3,(H,16,17)(H,12,13,14). The molecule has 0 aromatic carbocycles. The van der Waals surface area contributed by atoms with E-state index in [1.807, 2.05) is 0 Å². The zero-order valence-corrected chi connectivity index (χ0v) is 9.51. The molecule has 0 saturated carbocycles. The van der Waals surface area contributed by atoms with Gasteiger partial charge in [-0.15, -0.1) is 0 Å². The van der Waals surface area contributed by atoms with E-state index in [1.54, 1.807) is 37.0 Å². The van der Waals surface area contributed by atoms with Gasteiger partial charge in [-0.05, 0) is 19.1 Å². The number of carboxylic acids is 1. The van der Waals surface area contributed by atoms with Crippen molar-refractivity contribution in [3.63, 3.8) is 0 Å². The van der Waals surface area contributed by atoms with Crippen molar-refractivity contribution in [2.45, 2.75) is 6.92 Å². The summed E-state index contributed by atoms with van der Waals surface area (Å²) in [5, 5.41) is 16.0. The highest BCUT2D eigenvalue weighted by molar-refractivity contribution is 5.93. The lowest BCUT2D eigenvalue weighted by Gasteiger charge is -2.06. The predicted octanol–water partition coefficient (Wildman–Crippen LogP) is 1.57. The van der Waals surface area contributed by atoms with Crippen LogP contribution in [-0.4, -0.2) is 25.8 Å². The molecule has 0 unspecified atom stereocenters. The van der Waals surface area contributed by atoms with Crippen molar-refractivity contribution < 1.29 is 9.90 Å². The number of aromatic carboxylic acids is 1. The van der Waals surface area contributed by atoms with Gasteiger partial charge in [0, 0.05) is 25.0 Å². The van der Waals surface area contributed by atoms with E-state index >= 15 is 0 Å². The first kappa shape index (κ1) is 11.1. The molecular formula is C11H12N4O2. The number of pyridine rings is 1. The van der Waals surface area contributed by atoms with Gasteiger partial charge in [0.25, 0.3) is 0 Å². The number of nitrogens with one attached hydrogen (secondary N) is 1. The van der Waals surface area contributed by atoms with Crippen molar-refractivity contribution >= 4 is 17.6 Å². The summed E-state index contributed by atoms with van der Waals surface area (Å²) in [5.41, 5.74) is 0.870. The molecule has 6 heteroatoms. The third-order valence-corrected chi connectivity index (χ3v) is 2.22. The second kappa shape index (κ2) is 4.25. The van der Waals surface area contributed by atoms with Crippen LogP contribution in [0, 0.1) is 6.92 Å². The van der Waals surface area contributed by atoms with Crippen LogP contribution in [0.5, 0.6) is 0 Å². The molecule has 0 spiro atoms. The first-order chi connectivity index (χ1) is 8.06. The predicted molar refractivity (Wildman–Crippen MR) is 62.4 cm³/mol. The summed E-state index contributed by atoms with van der Waals surface area (Å²) in [6.07, 6.45) is 1.76. The lowest BCUT2D eigenvalue weighted by atomic mass is 10.2. The largest absolute Gasteiger partial charge is 0.478 e. The molecule has 2 aromatic heterocycles. The fourth-order valence-electron chi connectivity index (χ4n) is 1.43. The molecule has 0 saturated heterocycles. The molecule has 6 nitrogen and oxygen atoms in total. The molecule has 0 fully saturated rings. The summed E-state index contributed by atoms with van der Waals surface area (Å²) in [7, 11) is 1.78. The molecular weight excluding hydrogens is 220 g/mol. The Hall–Kier alpha value is -2.37. The average Bonchev–Trinajstić information content (AvgIpc) is 2.63. The summed E-state index contributed by atoms with van der Waals surface area (Å²) in [6, 6.07) is 4.93. The van der Waals surface area contributed by atoms with Gasteiger partial charge in [-0.25, -0.2) is 9.78 Å². The molecule has 0 amide bonds. The van der Waals surface area contributed by atoms with Crippen LogP contribution >= 0.6 is 0 Å². The first-order valence-electron chi connectivity index (χ1n) is 5.04. The van der Waals surface area contributed by atoms with E-state index < -0.39 is 5.97 Å². The fourth-order valence-corrected chi connectivity index (χ4v) is 1.43. The summed E-state index contributed by atoms with van der Waals surface area (Å²) < 4.78 is 1.62. The number of hydrogen-bond donors (Lipinski definition) is 2. The van der Waals surface area contributed by atoms with Gasteiger partial charge in [0.15, 0.2) is 5.82 Å². The molecule has 0 aliphatic carbocycles. The minimum atomic E-state index is -1.02. The van der Waals surface area contributed by atoms with Crippen LogP contribution in [0.4, 0.5) is 11.6 Å². The lowest BCUT2D eigenvalue weighted by Crippen LogP contribution is -2.06. The van der Waals surface area contributed by atoms with E-state index in [1.165, 1.54) is 6.07 Å². The van der Waals surface area contributed by atoms with Crippen LogP contribution in [0.15, 0.2) is 24.4 Å². The van der Waals surface area contributed by atoms with Crippen LogP contribution in [-0.2, 0) is 7.05 Å². The maximum Gasteiger partial charge on any atom is 0.339 e. The Balaban J connectivity index is 2.37. The second-order valence-electron chi connectivity index (χ2n) is 3.65. The Kier molecular flexibility index (Phi) is 2.78. The van der Waals surface area contributed by atoms with Crippen LogP contribution in [0.1, 0.15) is 16.1 Å². The highest BCUT2D eigenvalue weighted by Crippen LogP contribution is 2.17. The molecule has 0 aliphatic rings. The SMILES string of the molecule is Cc1ccc(C(=O)O)c(Nc2ccn(C)n2)n1. The number of aromatic nitrogens is 3. The lowest BCUT2D eigenvalue weighted by molar-refractivity contribution is 0.0697. The van der Waals surface area contributed by atoms with Gasteiger partial charge in [-0.1, -0.05) is 0 Å². The quantitative estimate of drug-likeness (QED) is 0.839. The number of nitrogens with zero attached hydrogens (tertiary/aromatic N) is 3. The molecule has 2 heterocycles. The molecule has 88 valence electrons. The summed E-state index contributed by atoms with van der Waals surface area (Å²) in [6.45, 7) is 1.80. The molecule has 0 atom stereocenters. The minimum absolute atomic E-state index is 0.126. The van der Waals surface area contributed by atoms with Gasteiger partial charge < -0.3 is 10.4 Å². The normalized spacial score (nSPS) is 10.2. The van der Waals surface area contributed by atoms with Crippen molar-refractivity contribution in [2.75, 3.05) is 5.32 Å². The summed E-state index contributed by atoms with van der Waals surface area (Å²) in [4.78, 5) is 15.2. The third-order valence-electron chi connectivity index (χ3n) is 2.22. The minimum Gasteiger partial charge on any atom is -0.478 e. The Bertz CT molecular complexity index is 562. The Morgan fingerprint density at radius 2 is 2.18 bits per heavy atom. The van der Waals surface area contributed by atoms with Crippen LogP contribution in [0.2, 0.25) is 0 Å². The van der Waals surface area contributed by atoms with Crippen LogP contribution < -0.4 is 5.32 Å². The van der Waals surface area contributed by atoms with Crippen LogP contribution in [0.25, 0.3) is 0 Å². The second-order valence-corrected chi connectivity index (χ2v) is 3.65. The molecule has 2 rings (SSSR count). The fraction of sp³-hybridized carbons (Fsp3) is 0.182. The number of hydrogen-bond acceptors (Lipinski definition) is 4. The van der Waals surface area contributed by atoms with Gasteiger partial charge >= 0.3 is 5.97 Å². The van der Waals surface area contributed by atoms with Gasteiger partial charge in [0.1, 0.15) is 11.4 Å². The number of aryl methyl sites for hydroxylation is 2. The van der Waals surface area contributed by atoms with Crippen molar-refractivity contribution in [1.82, 2.24) is 14.8 Å². The maximum atomic E-state index is 11.0. The zero-order chi connectivity index (χ0) is 12.4. The van der Waals surface area contributed by atoms with E-state index in [2.05, 4.69) is 15.4 Å². The molecule has 0 radical (unpaired) electrons. The highest BCUT2D eigenvalue weighted by Gasteiger charge is 2.12. The van der Waals surface area contributed by atoms with Gasteiger partial charge in [-0.2, -0.15) is 5.10 Å². The Morgan fingerprint density at radius 3 is 2.76 bits per heavy atom. The highest BCUT2D eigenvalue weighted by atomic mass is 16.4. The van der Waals surface area contributed by atoms with E-state index in [0.717, 1.165) is 5.69 Å². The number of rotatable bonds is 3. The molecule has 2 aromatic rings. The molecule has 2 N–H and O–H groups in total. The number of carbonyl (C=O) groups is 1. The molecule has 0 bridgehead atoms. The maximum absolute atomic E-state index is 11.0.